The molecule has 2 saturated carbocycles. The summed E-state index contributed by atoms with van der Waals surface area (Å²) >= 11 is 0. The van der Waals surface area contributed by atoms with Crippen LogP contribution in [0.1, 0.15) is 108 Å². The Labute approximate surface area is 250 Å². The summed E-state index contributed by atoms with van der Waals surface area (Å²) in [6, 6.07) is 11.0. The Kier molecular flexibility index (Phi) is 9.20. The topological polar surface area (TPSA) is 84.8 Å². The molecule has 43 heavy (non-hydrogen) atoms. The van der Waals surface area contributed by atoms with Crippen LogP contribution in [0.4, 0.5) is 8.78 Å². The number of aromatic nitrogens is 4. The van der Waals surface area contributed by atoms with Crippen molar-refractivity contribution in [2.24, 2.45) is 0 Å². The van der Waals surface area contributed by atoms with E-state index in [1.165, 1.54) is 25.0 Å². The highest BCUT2D eigenvalue weighted by atomic mass is 19.1. The van der Waals surface area contributed by atoms with Crippen molar-refractivity contribution in [3.63, 3.8) is 0 Å². The van der Waals surface area contributed by atoms with Crippen LogP contribution < -0.4 is 11.1 Å². The monoisotopic (exact) mass is 592 g/mol. The molecule has 230 valence electrons. The molecule has 1 unspecified atom stereocenters. The molecule has 2 aliphatic rings. The molecule has 2 aliphatic carbocycles. The summed E-state index contributed by atoms with van der Waals surface area (Å²) in [5, 5.41) is 5.87. The van der Waals surface area contributed by atoms with Gasteiger partial charge in [-0.1, -0.05) is 24.3 Å². The molecule has 0 radical (unpaired) electrons. The molecule has 4 aromatic rings. The largest absolute Gasteiger partial charge is 0.369 e. The van der Waals surface area contributed by atoms with Crippen molar-refractivity contribution in [1.82, 2.24) is 19.6 Å². The van der Waals surface area contributed by atoms with E-state index in [1.807, 2.05) is 42.3 Å². The number of ether oxygens (including phenoxy) is 1. The number of benzene rings is 2. The van der Waals surface area contributed by atoms with Gasteiger partial charge in [-0.05, 0) is 108 Å². The average Bonchev–Trinajstić information content (AvgIpc) is 3.34. The quantitative estimate of drug-likeness (QED) is 0.230. The fraction of sp³-hybridized carbons (Fsp3) is 0.471. The van der Waals surface area contributed by atoms with E-state index in [1.54, 1.807) is 26.0 Å². The Morgan fingerprint density at radius 3 is 1.91 bits per heavy atom. The molecule has 0 saturated heterocycles. The standard InChI is InChI=1S/C18H23FN2O2.C16H19FN2O/c1-4-23-17(13-9-8-11(2)15(19)10-13)16-12(3)21(20-18(16)22)14-6-5-7-14;1-10-6-7-12(9-15(10)17)8-14-11(2)19(18-16(14)20)13-4-3-5-13/h8-10,14,17H,4-7H2,1-3H3,(H,20,22);6-7,9,13H,3-5,8H2,1-2H3,(H,18,20). The van der Waals surface area contributed by atoms with Gasteiger partial charge in [0, 0.05) is 30.0 Å². The smallest absolute Gasteiger partial charge is 0.270 e. The first kappa shape index (κ1) is 30.7. The van der Waals surface area contributed by atoms with Crippen molar-refractivity contribution >= 4 is 0 Å². The zero-order chi connectivity index (χ0) is 30.8. The fourth-order valence-corrected chi connectivity index (χ4v) is 5.89. The summed E-state index contributed by atoms with van der Waals surface area (Å²) < 4.78 is 37.3. The second-order valence-corrected chi connectivity index (χ2v) is 12.0. The first-order valence-electron chi connectivity index (χ1n) is 15.3. The lowest BCUT2D eigenvalue weighted by molar-refractivity contribution is 0.0898. The molecule has 2 fully saturated rings. The maximum absolute atomic E-state index is 13.9. The number of hydrogen-bond donors (Lipinski definition) is 2. The fourth-order valence-electron chi connectivity index (χ4n) is 5.89. The predicted octanol–water partition coefficient (Wildman–Crippen LogP) is 7.03. The molecule has 7 nitrogen and oxygen atoms in total. The van der Waals surface area contributed by atoms with Crippen LogP contribution >= 0.6 is 0 Å². The number of halogens is 2. The van der Waals surface area contributed by atoms with Gasteiger partial charge >= 0.3 is 0 Å². The van der Waals surface area contributed by atoms with Crippen LogP contribution in [0.2, 0.25) is 0 Å². The molecule has 0 amide bonds. The number of nitrogens with zero attached hydrogens (tertiary/aromatic N) is 2. The van der Waals surface area contributed by atoms with E-state index in [-0.39, 0.29) is 22.8 Å². The van der Waals surface area contributed by atoms with E-state index >= 15 is 0 Å². The van der Waals surface area contributed by atoms with E-state index in [0.29, 0.717) is 47.4 Å². The summed E-state index contributed by atoms with van der Waals surface area (Å²) in [6.45, 7) is 9.69. The Morgan fingerprint density at radius 2 is 1.37 bits per heavy atom. The molecule has 0 spiro atoms. The summed E-state index contributed by atoms with van der Waals surface area (Å²) in [5.41, 5.74) is 5.75. The highest BCUT2D eigenvalue weighted by molar-refractivity contribution is 5.34. The van der Waals surface area contributed by atoms with Crippen molar-refractivity contribution < 1.29 is 13.5 Å². The molecule has 6 rings (SSSR count). The Balaban J connectivity index is 0.000000173. The molecular weight excluding hydrogens is 550 g/mol. The molecule has 2 heterocycles. The van der Waals surface area contributed by atoms with E-state index in [2.05, 4.69) is 10.2 Å². The highest BCUT2D eigenvalue weighted by Crippen LogP contribution is 2.35. The number of aryl methyl sites for hydroxylation is 2. The minimum Gasteiger partial charge on any atom is -0.369 e. The van der Waals surface area contributed by atoms with Gasteiger partial charge in [0.2, 0.25) is 0 Å². The van der Waals surface area contributed by atoms with Crippen molar-refractivity contribution in [3.8, 4) is 0 Å². The van der Waals surface area contributed by atoms with Gasteiger partial charge in [0.05, 0.1) is 17.6 Å². The van der Waals surface area contributed by atoms with Crippen LogP contribution in [0.3, 0.4) is 0 Å². The Hall–Kier alpha value is -3.72. The predicted molar refractivity (Wildman–Crippen MR) is 164 cm³/mol. The minimum absolute atomic E-state index is 0.0459. The minimum atomic E-state index is -0.542. The van der Waals surface area contributed by atoms with Gasteiger partial charge in [-0.2, -0.15) is 0 Å². The third kappa shape index (κ3) is 6.32. The first-order chi connectivity index (χ1) is 20.6. The lowest BCUT2D eigenvalue weighted by atomic mass is 9.93. The summed E-state index contributed by atoms with van der Waals surface area (Å²) in [7, 11) is 0. The van der Waals surface area contributed by atoms with Crippen LogP contribution in [0.25, 0.3) is 0 Å². The number of H-pyrrole nitrogens is 2. The van der Waals surface area contributed by atoms with Gasteiger partial charge in [-0.15, -0.1) is 0 Å². The van der Waals surface area contributed by atoms with Gasteiger partial charge in [-0.3, -0.25) is 29.2 Å². The summed E-state index contributed by atoms with van der Waals surface area (Å²) in [5.74, 6) is -0.491. The molecule has 2 aromatic heterocycles. The van der Waals surface area contributed by atoms with Crippen LogP contribution in [0.5, 0.6) is 0 Å². The van der Waals surface area contributed by atoms with E-state index in [9.17, 15) is 18.4 Å². The SMILES string of the molecule is CCOC(c1ccc(C)c(F)c1)c1c(C)n(C2CCC2)[nH]c1=O.Cc1ccc(Cc2c(C)n(C3CCC3)[nH]c2=O)cc1F. The molecule has 0 bridgehead atoms. The molecule has 9 heteroatoms. The zero-order valence-corrected chi connectivity index (χ0v) is 25.7. The average molecular weight is 593 g/mol. The molecule has 1 atom stereocenters. The zero-order valence-electron chi connectivity index (χ0n) is 25.7. The van der Waals surface area contributed by atoms with Crippen LogP contribution in [0, 0.1) is 39.3 Å². The normalized spacial score (nSPS) is 15.9. The third-order valence-corrected chi connectivity index (χ3v) is 9.10. The van der Waals surface area contributed by atoms with E-state index < -0.39 is 6.10 Å². The van der Waals surface area contributed by atoms with Crippen LogP contribution in [-0.4, -0.2) is 26.2 Å². The van der Waals surface area contributed by atoms with Gasteiger partial charge in [0.15, 0.2) is 0 Å². The summed E-state index contributed by atoms with van der Waals surface area (Å²) in [6.07, 6.45) is 6.79. The maximum atomic E-state index is 13.9. The number of hydrogen-bond acceptors (Lipinski definition) is 3. The van der Waals surface area contributed by atoms with Crippen LogP contribution in [-0.2, 0) is 11.2 Å². The van der Waals surface area contributed by atoms with Gasteiger partial charge < -0.3 is 4.74 Å². The lowest BCUT2D eigenvalue weighted by Crippen LogP contribution is -2.20. The van der Waals surface area contributed by atoms with E-state index in [4.69, 9.17) is 4.74 Å². The van der Waals surface area contributed by atoms with Crippen molar-refractivity contribution in [2.45, 2.75) is 97.8 Å². The van der Waals surface area contributed by atoms with Crippen molar-refractivity contribution in [2.75, 3.05) is 6.61 Å². The highest BCUT2D eigenvalue weighted by Gasteiger charge is 2.28. The second kappa shape index (κ2) is 12.9. The molecular formula is C34H42F2N4O3. The lowest BCUT2D eigenvalue weighted by Gasteiger charge is -2.28. The first-order valence-corrected chi connectivity index (χ1v) is 15.3. The van der Waals surface area contributed by atoms with Gasteiger partial charge in [0.1, 0.15) is 17.7 Å². The van der Waals surface area contributed by atoms with Crippen molar-refractivity contribution in [3.05, 3.63) is 114 Å². The molecule has 2 N–H and O–H groups in total. The van der Waals surface area contributed by atoms with Gasteiger partial charge in [-0.25, -0.2) is 8.78 Å². The third-order valence-electron chi connectivity index (χ3n) is 9.10. The van der Waals surface area contributed by atoms with Crippen LogP contribution in [0.15, 0.2) is 46.0 Å². The van der Waals surface area contributed by atoms with E-state index in [0.717, 1.165) is 48.2 Å². The Morgan fingerprint density at radius 1 is 0.814 bits per heavy atom. The van der Waals surface area contributed by atoms with Gasteiger partial charge in [0.25, 0.3) is 11.1 Å². The maximum Gasteiger partial charge on any atom is 0.270 e. The second-order valence-electron chi connectivity index (χ2n) is 12.0. The molecule has 0 aliphatic heterocycles. The number of nitrogens with one attached hydrogen (secondary N) is 2. The number of aromatic amines is 2. The number of rotatable bonds is 8. The van der Waals surface area contributed by atoms with Crippen molar-refractivity contribution in [1.29, 1.82) is 0 Å². The summed E-state index contributed by atoms with van der Waals surface area (Å²) in [4.78, 5) is 24.6. The molecule has 2 aromatic carbocycles. The Bertz CT molecular complexity index is 1710.